The fourth-order valence-electron chi connectivity index (χ4n) is 3.28. The Labute approximate surface area is 195 Å². The SMILES string of the molecule is Cc1nc(Nc2cccc(NC(=O)COc3ccccc3[N+](=O)[O-])c2)cc(-c2ccccc2)n1. The number of nitrogens with one attached hydrogen (secondary N) is 2. The van der Waals surface area contributed by atoms with Gasteiger partial charge in [0.05, 0.1) is 10.6 Å². The third-order valence-electron chi connectivity index (χ3n) is 4.75. The number of nitro groups is 1. The van der Waals surface area contributed by atoms with Gasteiger partial charge >= 0.3 is 5.69 Å². The first kappa shape index (κ1) is 22.4. The quantitative estimate of drug-likeness (QED) is 0.279. The summed E-state index contributed by atoms with van der Waals surface area (Å²) in [4.78, 5) is 31.8. The summed E-state index contributed by atoms with van der Waals surface area (Å²) in [6, 6.07) is 24.7. The Kier molecular flexibility index (Phi) is 6.73. The zero-order valence-electron chi connectivity index (χ0n) is 18.3. The normalized spacial score (nSPS) is 10.4. The van der Waals surface area contributed by atoms with Crippen molar-refractivity contribution in [1.82, 2.24) is 9.97 Å². The number of anilines is 3. The van der Waals surface area contributed by atoms with E-state index in [0.717, 1.165) is 16.9 Å². The lowest BCUT2D eigenvalue weighted by atomic mass is 10.1. The van der Waals surface area contributed by atoms with Gasteiger partial charge in [-0.2, -0.15) is 0 Å². The molecule has 0 aliphatic carbocycles. The molecule has 0 saturated carbocycles. The number of carbonyl (C=O) groups excluding carboxylic acids is 1. The summed E-state index contributed by atoms with van der Waals surface area (Å²) >= 11 is 0. The Morgan fingerprint density at radius 1 is 0.941 bits per heavy atom. The Morgan fingerprint density at radius 2 is 1.68 bits per heavy atom. The number of aryl methyl sites for hydroxylation is 1. The number of hydrogen-bond donors (Lipinski definition) is 2. The number of amides is 1. The van der Waals surface area contributed by atoms with Gasteiger partial charge in [-0.25, -0.2) is 9.97 Å². The van der Waals surface area contributed by atoms with Crippen molar-refractivity contribution in [2.45, 2.75) is 6.92 Å². The molecule has 0 bridgehead atoms. The van der Waals surface area contributed by atoms with Crippen molar-refractivity contribution in [3.05, 3.63) is 101 Å². The van der Waals surface area contributed by atoms with Crippen LogP contribution in [0.5, 0.6) is 5.75 Å². The maximum absolute atomic E-state index is 12.3. The van der Waals surface area contributed by atoms with E-state index in [2.05, 4.69) is 20.6 Å². The number of aromatic nitrogens is 2. The predicted molar refractivity (Wildman–Crippen MR) is 129 cm³/mol. The van der Waals surface area contributed by atoms with Crippen molar-refractivity contribution < 1.29 is 14.5 Å². The molecule has 1 heterocycles. The van der Waals surface area contributed by atoms with E-state index in [1.807, 2.05) is 49.4 Å². The topological polar surface area (TPSA) is 119 Å². The first-order valence-electron chi connectivity index (χ1n) is 10.4. The van der Waals surface area contributed by atoms with Gasteiger partial charge in [0, 0.05) is 29.1 Å². The van der Waals surface area contributed by atoms with E-state index in [1.165, 1.54) is 18.2 Å². The molecule has 4 rings (SSSR count). The van der Waals surface area contributed by atoms with Crippen LogP contribution in [0.25, 0.3) is 11.3 Å². The van der Waals surface area contributed by atoms with Crippen LogP contribution >= 0.6 is 0 Å². The van der Waals surface area contributed by atoms with Crippen molar-refractivity contribution >= 4 is 28.8 Å². The van der Waals surface area contributed by atoms with E-state index >= 15 is 0 Å². The van der Waals surface area contributed by atoms with Crippen LogP contribution < -0.4 is 15.4 Å². The predicted octanol–water partition coefficient (Wildman–Crippen LogP) is 5.12. The largest absolute Gasteiger partial charge is 0.477 e. The highest BCUT2D eigenvalue weighted by Crippen LogP contribution is 2.26. The standard InChI is InChI=1S/C25H21N5O4/c1-17-26-21(18-8-3-2-4-9-18)15-24(27-17)28-19-10-7-11-20(14-19)29-25(31)16-34-23-13-6-5-12-22(23)30(32)33/h2-15H,16H2,1H3,(H,29,31)(H,26,27,28). The second kappa shape index (κ2) is 10.2. The molecule has 0 atom stereocenters. The van der Waals surface area contributed by atoms with Gasteiger partial charge in [0.2, 0.25) is 0 Å². The van der Waals surface area contributed by atoms with Gasteiger partial charge in [-0.3, -0.25) is 14.9 Å². The van der Waals surface area contributed by atoms with Crippen molar-refractivity contribution in [2.24, 2.45) is 0 Å². The van der Waals surface area contributed by atoms with Crippen LogP contribution in [0, 0.1) is 17.0 Å². The maximum Gasteiger partial charge on any atom is 0.310 e. The highest BCUT2D eigenvalue weighted by Gasteiger charge is 2.15. The Hall–Kier alpha value is -4.79. The van der Waals surface area contributed by atoms with Gasteiger partial charge in [0.25, 0.3) is 5.91 Å². The smallest absolute Gasteiger partial charge is 0.310 e. The molecular weight excluding hydrogens is 434 g/mol. The fourth-order valence-corrected chi connectivity index (χ4v) is 3.28. The highest BCUT2D eigenvalue weighted by atomic mass is 16.6. The number of nitro benzene ring substituents is 1. The Morgan fingerprint density at radius 3 is 2.47 bits per heavy atom. The van der Waals surface area contributed by atoms with E-state index in [9.17, 15) is 14.9 Å². The van der Waals surface area contributed by atoms with Crippen molar-refractivity contribution in [2.75, 3.05) is 17.2 Å². The van der Waals surface area contributed by atoms with Gasteiger partial charge in [-0.05, 0) is 31.2 Å². The average Bonchev–Trinajstić information content (AvgIpc) is 2.83. The number of para-hydroxylation sites is 2. The summed E-state index contributed by atoms with van der Waals surface area (Å²) in [5.74, 6) is 0.834. The van der Waals surface area contributed by atoms with Crippen LogP contribution in [0.15, 0.2) is 84.9 Å². The summed E-state index contributed by atoms with van der Waals surface area (Å²) in [6.45, 7) is 1.46. The van der Waals surface area contributed by atoms with Crippen LogP contribution in [-0.4, -0.2) is 27.4 Å². The first-order valence-corrected chi connectivity index (χ1v) is 10.4. The second-order valence-corrected chi connectivity index (χ2v) is 7.32. The van der Waals surface area contributed by atoms with E-state index in [-0.39, 0.29) is 18.0 Å². The second-order valence-electron chi connectivity index (χ2n) is 7.32. The average molecular weight is 455 g/mol. The Bertz CT molecular complexity index is 1330. The molecule has 0 saturated heterocycles. The minimum absolute atomic E-state index is 0.0337. The molecule has 0 aliphatic rings. The molecule has 2 N–H and O–H groups in total. The summed E-state index contributed by atoms with van der Waals surface area (Å²) in [5, 5.41) is 17.0. The van der Waals surface area contributed by atoms with Gasteiger partial charge in [0.15, 0.2) is 12.4 Å². The molecule has 0 radical (unpaired) electrons. The number of nitrogens with zero attached hydrogens (tertiary/aromatic N) is 3. The molecule has 0 fully saturated rings. The van der Waals surface area contributed by atoms with Crippen LogP contribution in [0.4, 0.5) is 22.9 Å². The molecule has 9 heteroatoms. The lowest BCUT2D eigenvalue weighted by molar-refractivity contribution is -0.385. The van der Waals surface area contributed by atoms with Crippen LogP contribution in [-0.2, 0) is 4.79 Å². The molecular formula is C25H21N5O4. The number of ether oxygens (including phenoxy) is 1. The molecule has 4 aromatic rings. The molecule has 1 aromatic heterocycles. The lowest BCUT2D eigenvalue weighted by Gasteiger charge is -2.11. The zero-order valence-corrected chi connectivity index (χ0v) is 18.3. The minimum Gasteiger partial charge on any atom is -0.477 e. The number of carbonyl (C=O) groups is 1. The monoisotopic (exact) mass is 455 g/mol. The van der Waals surface area contributed by atoms with Gasteiger partial charge in [-0.1, -0.05) is 48.5 Å². The molecule has 0 aliphatic heterocycles. The van der Waals surface area contributed by atoms with Crippen molar-refractivity contribution in [1.29, 1.82) is 0 Å². The van der Waals surface area contributed by atoms with Gasteiger partial charge in [0.1, 0.15) is 11.6 Å². The maximum atomic E-state index is 12.3. The zero-order chi connectivity index (χ0) is 23.9. The van der Waals surface area contributed by atoms with Crippen molar-refractivity contribution in [3.8, 4) is 17.0 Å². The summed E-state index contributed by atoms with van der Waals surface area (Å²) in [7, 11) is 0. The summed E-state index contributed by atoms with van der Waals surface area (Å²) in [6.07, 6.45) is 0. The third kappa shape index (κ3) is 5.71. The summed E-state index contributed by atoms with van der Waals surface area (Å²) < 4.78 is 5.34. The van der Waals surface area contributed by atoms with Crippen LogP contribution in [0.1, 0.15) is 5.82 Å². The van der Waals surface area contributed by atoms with E-state index in [0.29, 0.717) is 17.3 Å². The Balaban J connectivity index is 1.42. The fraction of sp³-hybridized carbons (Fsp3) is 0.0800. The minimum atomic E-state index is -0.555. The molecule has 9 nitrogen and oxygen atoms in total. The molecule has 0 spiro atoms. The van der Waals surface area contributed by atoms with E-state index < -0.39 is 10.8 Å². The highest BCUT2D eigenvalue weighted by molar-refractivity contribution is 5.92. The van der Waals surface area contributed by atoms with Gasteiger partial charge < -0.3 is 15.4 Å². The van der Waals surface area contributed by atoms with Gasteiger partial charge in [-0.15, -0.1) is 0 Å². The molecule has 170 valence electrons. The number of hydrogen-bond acceptors (Lipinski definition) is 7. The summed E-state index contributed by atoms with van der Waals surface area (Å²) in [5.41, 5.74) is 2.84. The third-order valence-corrected chi connectivity index (χ3v) is 4.75. The van der Waals surface area contributed by atoms with E-state index in [4.69, 9.17) is 4.74 Å². The molecule has 0 unspecified atom stereocenters. The van der Waals surface area contributed by atoms with E-state index in [1.54, 1.807) is 24.3 Å². The number of benzene rings is 3. The molecule has 3 aromatic carbocycles. The van der Waals surface area contributed by atoms with Crippen molar-refractivity contribution in [3.63, 3.8) is 0 Å². The molecule has 34 heavy (non-hydrogen) atoms. The van der Waals surface area contributed by atoms with Crippen LogP contribution in [0.3, 0.4) is 0 Å². The lowest BCUT2D eigenvalue weighted by Crippen LogP contribution is -2.20. The van der Waals surface area contributed by atoms with Crippen LogP contribution in [0.2, 0.25) is 0 Å². The molecule has 1 amide bonds. The first-order chi connectivity index (χ1) is 16.5. The number of rotatable bonds is 8.